The van der Waals surface area contributed by atoms with Crippen molar-refractivity contribution in [2.24, 2.45) is 0 Å². The van der Waals surface area contributed by atoms with Crippen LogP contribution in [0.25, 0.3) is 0 Å². The van der Waals surface area contributed by atoms with Gasteiger partial charge in [-0.15, -0.1) is 0 Å². The number of nitrogens with one attached hydrogen (secondary N) is 1. The van der Waals surface area contributed by atoms with Crippen molar-refractivity contribution in [3.63, 3.8) is 0 Å². The van der Waals surface area contributed by atoms with Crippen LogP contribution in [0, 0.1) is 3.57 Å². The van der Waals surface area contributed by atoms with Gasteiger partial charge < -0.3 is 10.2 Å². The lowest BCUT2D eigenvalue weighted by molar-refractivity contribution is 0.392. The van der Waals surface area contributed by atoms with Gasteiger partial charge in [0.2, 0.25) is 0 Å². The van der Waals surface area contributed by atoms with Crippen LogP contribution in [0.15, 0.2) is 18.3 Å². The molecule has 4 heteroatoms. The van der Waals surface area contributed by atoms with Crippen LogP contribution in [0.4, 0.5) is 5.82 Å². The average molecular weight is 305 g/mol. The van der Waals surface area contributed by atoms with Crippen molar-refractivity contribution in [2.75, 3.05) is 26.0 Å². The Morgan fingerprint density at radius 2 is 2.29 bits per heavy atom. The van der Waals surface area contributed by atoms with E-state index >= 15 is 0 Å². The Bertz CT molecular complexity index is 288. The quantitative estimate of drug-likeness (QED) is 0.863. The van der Waals surface area contributed by atoms with Gasteiger partial charge >= 0.3 is 0 Å². The van der Waals surface area contributed by atoms with Crippen LogP contribution < -0.4 is 5.32 Å². The van der Waals surface area contributed by atoms with E-state index in [4.69, 9.17) is 0 Å². The Labute approximate surface area is 99.0 Å². The maximum absolute atomic E-state index is 4.29. The molecule has 0 saturated carbocycles. The van der Waals surface area contributed by atoms with Crippen molar-refractivity contribution in [1.29, 1.82) is 0 Å². The molecule has 0 fully saturated rings. The van der Waals surface area contributed by atoms with Crippen LogP contribution >= 0.6 is 22.6 Å². The van der Waals surface area contributed by atoms with Crippen LogP contribution in [0.3, 0.4) is 0 Å². The van der Waals surface area contributed by atoms with Crippen LogP contribution in [0.2, 0.25) is 0 Å². The summed E-state index contributed by atoms with van der Waals surface area (Å²) in [6, 6.07) is 4.41. The van der Waals surface area contributed by atoms with Gasteiger partial charge in [0.05, 0.1) is 3.57 Å². The second-order valence-corrected chi connectivity index (χ2v) is 4.80. The van der Waals surface area contributed by atoms with Gasteiger partial charge in [0.15, 0.2) is 0 Å². The molecule has 1 rings (SSSR count). The number of hydrogen-bond acceptors (Lipinski definition) is 3. The third-order valence-corrected chi connectivity index (χ3v) is 2.65. The fourth-order valence-electron chi connectivity index (χ4n) is 1.32. The lowest BCUT2D eigenvalue weighted by Crippen LogP contribution is -2.30. The molecule has 1 aromatic rings. The fraction of sp³-hybridized carbons (Fsp3) is 0.500. The van der Waals surface area contributed by atoms with Gasteiger partial charge in [0.1, 0.15) is 5.82 Å². The second kappa shape index (κ2) is 5.50. The molecule has 0 unspecified atom stereocenters. The summed E-state index contributed by atoms with van der Waals surface area (Å²) in [6.45, 7) is 3.16. The largest absolute Gasteiger partial charge is 0.365 e. The van der Waals surface area contributed by atoms with E-state index in [9.17, 15) is 0 Å². The van der Waals surface area contributed by atoms with Crippen molar-refractivity contribution >= 4 is 28.4 Å². The maximum atomic E-state index is 4.29. The minimum Gasteiger partial charge on any atom is -0.365 e. The highest BCUT2D eigenvalue weighted by Gasteiger charge is 2.05. The summed E-state index contributed by atoms with van der Waals surface area (Å²) in [4.78, 5) is 6.45. The zero-order valence-electron chi connectivity index (χ0n) is 8.79. The number of rotatable bonds is 4. The van der Waals surface area contributed by atoms with E-state index in [2.05, 4.69) is 64.9 Å². The maximum Gasteiger partial charge on any atom is 0.139 e. The van der Waals surface area contributed by atoms with Gasteiger partial charge in [-0.3, -0.25) is 0 Å². The van der Waals surface area contributed by atoms with Gasteiger partial charge in [-0.1, -0.05) is 0 Å². The smallest absolute Gasteiger partial charge is 0.139 e. The summed E-state index contributed by atoms with van der Waals surface area (Å²) in [5, 5.41) is 3.38. The molecule has 0 aromatic carbocycles. The third-order valence-electron chi connectivity index (χ3n) is 1.78. The molecule has 0 aliphatic carbocycles. The van der Waals surface area contributed by atoms with E-state index < -0.39 is 0 Å². The molecule has 0 aliphatic heterocycles. The minimum absolute atomic E-state index is 0.411. The lowest BCUT2D eigenvalue weighted by Gasteiger charge is -2.19. The Morgan fingerprint density at radius 3 is 2.86 bits per heavy atom. The molecule has 0 saturated heterocycles. The van der Waals surface area contributed by atoms with Crippen LogP contribution in [0.1, 0.15) is 6.92 Å². The summed E-state index contributed by atoms with van der Waals surface area (Å²) < 4.78 is 1.16. The molecular weight excluding hydrogens is 289 g/mol. The first-order valence-electron chi connectivity index (χ1n) is 4.61. The van der Waals surface area contributed by atoms with Crippen molar-refractivity contribution in [3.05, 3.63) is 21.9 Å². The number of pyridine rings is 1. The molecule has 78 valence electrons. The summed E-state index contributed by atoms with van der Waals surface area (Å²) in [7, 11) is 4.14. The molecule has 1 heterocycles. The highest BCUT2D eigenvalue weighted by Crippen LogP contribution is 2.14. The monoisotopic (exact) mass is 305 g/mol. The minimum atomic E-state index is 0.411. The first kappa shape index (κ1) is 11.7. The van der Waals surface area contributed by atoms with Gasteiger partial charge in [-0.2, -0.15) is 0 Å². The van der Waals surface area contributed by atoms with Crippen LogP contribution in [-0.4, -0.2) is 36.6 Å². The zero-order valence-corrected chi connectivity index (χ0v) is 10.9. The normalized spacial score (nSPS) is 12.9. The van der Waals surface area contributed by atoms with Crippen molar-refractivity contribution in [3.8, 4) is 0 Å². The number of anilines is 1. The molecule has 0 amide bonds. The molecular formula is C10H16IN3. The van der Waals surface area contributed by atoms with Crippen molar-refractivity contribution in [2.45, 2.75) is 13.0 Å². The predicted octanol–water partition coefficient (Wildman–Crippen LogP) is 2.05. The third kappa shape index (κ3) is 3.79. The molecule has 1 N–H and O–H groups in total. The molecule has 0 bridgehead atoms. The van der Waals surface area contributed by atoms with E-state index in [0.29, 0.717) is 6.04 Å². The Morgan fingerprint density at radius 1 is 1.57 bits per heavy atom. The van der Waals surface area contributed by atoms with Crippen molar-refractivity contribution in [1.82, 2.24) is 9.88 Å². The van der Waals surface area contributed by atoms with E-state index in [-0.39, 0.29) is 0 Å². The predicted molar refractivity (Wildman–Crippen MR) is 68.6 cm³/mol. The topological polar surface area (TPSA) is 28.2 Å². The van der Waals surface area contributed by atoms with E-state index in [1.54, 1.807) is 0 Å². The molecule has 0 radical (unpaired) electrons. The van der Waals surface area contributed by atoms with Gasteiger partial charge in [0, 0.05) is 18.8 Å². The lowest BCUT2D eigenvalue weighted by atomic mass is 10.3. The zero-order chi connectivity index (χ0) is 10.6. The molecule has 0 aliphatic rings. The number of halogens is 1. The molecule has 1 atom stereocenters. The Kier molecular flexibility index (Phi) is 4.60. The summed E-state index contributed by atoms with van der Waals surface area (Å²) in [5.41, 5.74) is 0. The van der Waals surface area contributed by atoms with Crippen LogP contribution in [0.5, 0.6) is 0 Å². The first-order valence-corrected chi connectivity index (χ1v) is 5.69. The summed E-state index contributed by atoms with van der Waals surface area (Å²) in [5.74, 6) is 0.974. The Hall–Kier alpha value is -0.360. The van der Waals surface area contributed by atoms with Gasteiger partial charge in [-0.25, -0.2) is 4.98 Å². The number of nitrogens with zero attached hydrogens (tertiary/aromatic N) is 2. The first-order chi connectivity index (χ1) is 6.59. The SMILES string of the molecule is C[C@@H](CN(C)C)Nc1ncccc1I. The van der Waals surface area contributed by atoms with Gasteiger partial charge in [0.25, 0.3) is 0 Å². The molecule has 0 spiro atoms. The molecule has 3 nitrogen and oxygen atoms in total. The molecule has 1 aromatic heterocycles. The summed E-state index contributed by atoms with van der Waals surface area (Å²) in [6.07, 6.45) is 1.81. The highest BCUT2D eigenvalue weighted by molar-refractivity contribution is 14.1. The fourth-order valence-corrected chi connectivity index (χ4v) is 1.82. The highest BCUT2D eigenvalue weighted by atomic mass is 127. The Balaban J connectivity index is 2.56. The number of likely N-dealkylation sites (N-methyl/N-ethyl adjacent to an activating group) is 1. The van der Waals surface area contributed by atoms with E-state index in [1.165, 1.54) is 0 Å². The average Bonchev–Trinajstić information content (AvgIpc) is 2.07. The van der Waals surface area contributed by atoms with Gasteiger partial charge in [-0.05, 0) is 55.7 Å². The number of hydrogen-bond donors (Lipinski definition) is 1. The van der Waals surface area contributed by atoms with E-state index in [1.807, 2.05) is 12.3 Å². The van der Waals surface area contributed by atoms with E-state index in [0.717, 1.165) is 15.9 Å². The second-order valence-electron chi connectivity index (χ2n) is 3.64. The number of aromatic nitrogens is 1. The standard InChI is InChI=1S/C10H16IN3/c1-8(7-14(2)3)13-10-9(11)5-4-6-12-10/h4-6,8H,7H2,1-3H3,(H,12,13)/t8-/m0/s1. The summed E-state index contributed by atoms with van der Waals surface area (Å²) >= 11 is 2.29. The van der Waals surface area contributed by atoms with Crippen LogP contribution in [-0.2, 0) is 0 Å². The van der Waals surface area contributed by atoms with Crippen molar-refractivity contribution < 1.29 is 0 Å². The molecule has 14 heavy (non-hydrogen) atoms.